The molecule has 2 aromatic rings. The van der Waals surface area contributed by atoms with E-state index >= 15 is 0 Å². The van der Waals surface area contributed by atoms with Crippen LogP contribution in [0.25, 0.3) is 0 Å². The number of hydrazone groups is 1. The van der Waals surface area contributed by atoms with E-state index in [1.807, 2.05) is 26.0 Å². The van der Waals surface area contributed by atoms with Crippen molar-refractivity contribution in [3.05, 3.63) is 50.6 Å². The van der Waals surface area contributed by atoms with Gasteiger partial charge in [0, 0.05) is 16.1 Å². The summed E-state index contributed by atoms with van der Waals surface area (Å²) in [5.74, 6) is 1.70. The fourth-order valence-electron chi connectivity index (χ4n) is 2.04. The van der Waals surface area contributed by atoms with Gasteiger partial charge in [0.2, 0.25) is 0 Å². The molecule has 1 heterocycles. The Kier molecular flexibility index (Phi) is 7.54. The average Bonchev–Trinajstić information content (AvgIpc) is 2.65. The summed E-state index contributed by atoms with van der Waals surface area (Å²) in [6.45, 7) is 6.48. The Labute approximate surface area is 165 Å². The summed E-state index contributed by atoms with van der Waals surface area (Å²) < 4.78 is 12.4. The van der Waals surface area contributed by atoms with Crippen molar-refractivity contribution in [1.82, 2.24) is 4.98 Å². The molecule has 1 aromatic carbocycles. The van der Waals surface area contributed by atoms with E-state index in [4.69, 9.17) is 9.47 Å². The van der Waals surface area contributed by atoms with Crippen LogP contribution in [0.4, 0.5) is 11.5 Å². The minimum absolute atomic E-state index is 0.0745. The third kappa shape index (κ3) is 5.92. The SMILES string of the molecule is CCOc1cc(/C=N/Nc2ccc([N+](=O)[O-])cn2)c(Br)cc1O[C@@H](C)CC. The number of rotatable bonds is 9. The van der Waals surface area contributed by atoms with Gasteiger partial charge in [-0.25, -0.2) is 4.98 Å². The van der Waals surface area contributed by atoms with Crippen LogP contribution in [0, 0.1) is 10.1 Å². The first-order valence-electron chi connectivity index (χ1n) is 8.47. The van der Waals surface area contributed by atoms with Crippen LogP contribution in [0.1, 0.15) is 32.8 Å². The number of anilines is 1. The van der Waals surface area contributed by atoms with Gasteiger partial charge >= 0.3 is 0 Å². The third-order valence-corrected chi connectivity index (χ3v) is 4.29. The first-order chi connectivity index (χ1) is 12.9. The number of aromatic nitrogens is 1. The highest BCUT2D eigenvalue weighted by atomic mass is 79.9. The molecule has 0 bridgehead atoms. The zero-order valence-electron chi connectivity index (χ0n) is 15.3. The van der Waals surface area contributed by atoms with E-state index < -0.39 is 4.92 Å². The molecule has 1 N–H and O–H groups in total. The molecule has 0 unspecified atom stereocenters. The zero-order valence-corrected chi connectivity index (χ0v) is 16.9. The topological polar surface area (TPSA) is 98.9 Å². The van der Waals surface area contributed by atoms with E-state index in [0.29, 0.717) is 23.9 Å². The van der Waals surface area contributed by atoms with Crippen LogP contribution in [0.15, 0.2) is 40.0 Å². The van der Waals surface area contributed by atoms with Crippen LogP contribution in [-0.2, 0) is 0 Å². The molecule has 0 fully saturated rings. The van der Waals surface area contributed by atoms with E-state index in [1.54, 1.807) is 6.21 Å². The third-order valence-electron chi connectivity index (χ3n) is 3.61. The van der Waals surface area contributed by atoms with Gasteiger partial charge in [-0.1, -0.05) is 6.92 Å². The van der Waals surface area contributed by atoms with Gasteiger partial charge in [0.1, 0.15) is 12.0 Å². The fourth-order valence-corrected chi connectivity index (χ4v) is 2.46. The molecule has 144 valence electrons. The molecule has 0 aliphatic rings. The number of pyridine rings is 1. The van der Waals surface area contributed by atoms with Gasteiger partial charge in [0.15, 0.2) is 11.5 Å². The normalized spacial score (nSPS) is 12.0. The van der Waals surface area contributed by atoms with Crippen molar-refractivity contribution in [2.45, 2.75) is 33.3 Å². The quantitative estimate of drug-likeness (QED) is 0.345. The Morgan fingerprint density at radius 1 is 1.37 bits per heavy atom. The van der Waals surface area contributed by atoms with Gasteiger partial charge in [-0.15, -0.1) is 0 Å². The number of nitrogens with one attached hydrogen (secondary N) is 1. The maximum Gasteiger partial charge on any atom is 0.287 e. The summed E-state index contributed by atoms with van der Waals surface area (Å²) in [6.07, 6.45) is 3.73. The van der Waals surface area contributed by atoms with Crippen LogP contribution in [0.3, 0.4) is 0 Å². The van der Waals surface area contributed by atoms with Crippen molar-refractivity contribution < 1.29 is 14.4 Å². The molecule has 0 radical (unpaired) electrons. The van der Waals surface area contributed by atoms with Crippen molar-refractivity contribution in [2.75, 3.05) is 12.0 Å². The lowest BCUT2D eigenvalue weighted by Gasteiger charge is -2.17. The van der Waals surface area contributed by atoms with E-state index in [1.165, 1.54) is 18.3 Å². The molecule has 0 spiro atoms. The zero-order chi connectivity index (χ0) is 19.8. The standard InChI is InChI=1S/C18H21BrN4O4/c1-4-12(3)27-17-9-15(19)13(8-16(17)26-5-2)10-21-22-18-7-6-14(11-20-18)23(24)25/h6-12H,4-5H2,1-3H3,(H,20,22)/b21-10+/t12-/m0/s1. The largest absolute Gasteiger partial charge is 0.490 e. The van der Waals surface area contributed by atoms with Crippen LogP contribution in [0.2, 0.25) is 0 Å². The Balaban J connectivity index is 2.15. The minimum Gasteiger partial charge on any atom is -0.490 e. The smallest absolute Gasteiger partial charge is 0.287 e. The number of ether oxygens (including phenoxy) is 2. The Hall–Kier alpha value is -2.68. The molecular formula is C18H21BrN4O4. The summed E-state index contributed by atoms with van der Waals surface area (Å²) in [5, 5.41) is 14.8. The predicted octanol–water partition coefficient (Wildman–Crippen LogP) is 4.77. The molecule has 1 aromatic heterocycles. The molecule has 27 heavy (non-hydrogen) atoms. The summed E-state index contributed by atoms with van der Waals surface area (Å²) in [6, 6.07) is 6.52. The molecule has 0 aliphatic heterocycles. The fraction of sp³-hybridized carbons (Fsp3) is 0.333. The van der Waals surface area contributed by atoms with Gasteiger partial charge < -0.3 is 9.47 Å². The van der Waals surface area contributed by atoms with E-state index in [2.05, 4.69) is 38.4 Å². The number of hydrogen-bond donors (Lipinski definition) is 1. The molecule has 0 amide bonds. The summed E-state index contributed by atoms with van der Waals surface area (Å²) >= 11 is 3.51. The van der Waals surface area contributed by atoms with Crippen LogP contribution in [-0.4, -0.2) is 28.8 Å². The Morgan fingerprint density at radius 3 is 2.74 bits per heavy atom. The van der Waals surface area contributed by atoms with Crippen molar-refractivity contribution >= 4 is 33.6 Å². The Morgan fingerprint density at radius 2 is 2.15 bits per heavy atom. The maximum absolute atomic E-state index is 10.6. The maximum atomic E-state index is 10.6. The summed E-state index contributed by atoms with van der Waals surface area (Å²) in [5.41, 5.74) is 3.44. The van der Waals surface area contributed by atoms with Crippen molar-refractivity contribution in [2.24, 2.45) is 5.10 Å². The lowest BCUT2D eigenvalue weighted by atomic mass is 10.2. The molecular weight excluding hydrogens is 416 g/mol. The number of halogens is 1. The number of hydrogen-bond acceptors (Lipinski definition) is 7. The van der Waals surface area contributed by atoms with Gasteiger partial charge in [-0.2, -0.15) is 5.10 Å². The van der Waals surface area contributed by atoms with Crippen LogP contribution >= 0.6 is 15.9 Å². The molecule has 0 saturated carbocycles. The molecule has 1 atom stereocenters. The van der Waals surface area contributed by atoms with E-state index in [-0.39, 0.29) is 11.8 Å². The summed E-state index contributed by atoms with van der Waals surface area (Å²) in [4.78, 5) is 14.1. The van der Waals surface area contributed by atoms with Gasteiger partial charge in [0.25, 0.3) is 5.69 Å². The highest BCUT2D eigenvalue weighted by molar-refractivity contribution is 9.10. The molecule has 0 saturated heterocycles. The monoisotopic (exact) mass is 436 g/mol. The Bertz CT molecular complexity index is 812. The van der Waals surface area contributed by atoms with Gasteiger partial charge in [0.05, 0.1) is 23.8 Å². The first-order valence-corrected chi connectivity index (χ1v) is 9.26. The first kappa shape index (κ1) is 20.6. The molecule has 0 aliphatic carbocycles. The van der Waals surface area contributed by atoms with Gasteiger partial charge in [-0.05, 0) is 54.4 Å². The van der Waals surface area contributed by atoms with Crippen molar-refractivity contribution in [1.29, 1.82) is 0 Å². The molecule has 8 nitrogen and oxygen atoms in total. The van der Waals surface area contributed by atoms with Crippen LogP contribution < -0.4 is 14.9 Å². The van der Waals surface area contributed by atoms with E-state index in [9.17, 15) is 10.1 Å². The van der Waals surface area contributed by atoms with Crippen molar-refractivity contribution in [3.8, 4) is 11.5 Å². The second-order valence-corrected chi connectivity index (χ2v) is 6.47. The highest BCUT2D eigenvalue weighted by Gasteiger charge is 2.12. The van der Waals surface area contributed by atoms with Crippen LogP contribution in [0.5, 0.6) is 11.5 Å². The van der Waals surface area contributed by atoms with E-state index in [0.717, 1.165) is 16.5 Å². The van der Waals surface area contributed by atoms with Crippen molar-refractivity contribution in [3.63, 3.8) is 0 Å². The van der Waals surface area contributed by atoms with Gasteiger partial charge in [-0.3, -0.25) is 15.5 Å². The summed E-state index contributed by atoms with van der Waals surface area (Å²) in [7, 11) is 0. The average molecular weight is 437 g/mol. The highest BCUT2D eigenvalue weighted by Crippen LogP contribution is 2.34. The molecule has 9 heteroatoms. The second kappa shape index (κ2) is 9.86. The predicted molar refractivity (Wildman–Crippen MR) is 108 cm³/mol. The lowest BCUT2D eigenvalue weighted by molar-refractivity contribution is -0.385. The minimum atomic E-state index is -0.505. The molecule has 2 rings (SSSR count). The lowest BCUT2D eigenvalue weighted by Crippen LogP contribution is -2.11. The number of nitro groups is 1. The number of benzene rings is 1. The number of nitrogens with zero attached hydrogens (tertiary/aromatic N) is 3. The second-order valence-electron chi connectivity index (χ2n) is 5.62.